The van der Waals surface area contributed by atoms with Gasteiger partial charge in [0.2, 0.25) is 0 Å². The normalized spacial score (nSPS) is 9.40. The zero-order chi connectivity index (χ0) is 11.3. The number of hydrogen-bond acceptors (Lipinski definition) is 2. The van der Waals surface area contributed by atoms with Gasteiger partial charge in [0.25, 0.3) is 0 Å². The van der Waals surface area contributed by atoms with Crippen LogP contribution in [-0.2, 0) is 0 Å². The molecule has 0 aliphatic heterocycles. The van der Waals surface area contributed by atoms with E-state index in [1.165, 1.54) is 0 Å². The van der Waals surface area contributed by atoms with E-state index in [2.05, 4.69) is 6.58 Å². The van der Waals surface area contributed by atoms with E-state index in [4.69, 9.17) is 10.00 Å². The maximum Gasteiger partial charge on any atom is 0.190 e. The number of nitriles is 1. The topological polar surface area (TPSA) is 33.0 Å². The third-order valence-electron chi connectivity index (χ3n) is 1.70. The molecule has 0 amide bonds. The van der Waals surface area contributed by atoms with Gasteiger partial charge in [-0.3, -0.25) is 0 Å². The molecule has 0 unspecified atom stereocenters. The molecule has 1 aromatic carbocycles. The molecule has 2 nitrogen and oxygen atoms in total. The molecule has 0 aliphatic carbocycles. The summed E-state index contributed by atoms with van der Waals surface area (Å²) >= 11 is 0. The first-order valence-corrected chi connectivity index (χ1v) is 4.32. The predicted octanol–water partition coefficient (Wildman–Crippen LogP) is 2.79. The van der Waals surface area contributed by atoms with E-state index >= 15 is 0 Å². The first-order valence-electron chi connectivity index (χ1n) is 4.32. The number of halogens is 2. The molecule has 0 atom stereocenters. The smallest absolute Gasteiger partial charge is 0.190 e. The fourth-order valence-corrected chi connectivity index (χ4v) is 1.01. The van der Waals surface area contributed by atoms with E-state index in [1.54, 1.807) is 12.1 Å². The summed E-state index contributed by atoms with van der Waals surface area (Å²) in [6.07, 6.45) is 2.08. The van der Waals surface area contributed by atoms with Gasteiger partial charge in [-0.1, -0.05) is 6.08 Å². The number of ether oxygens (including phenoxy) is 1. The van der Waals surface area contributed by atoms with Crippen molar-refractivity contribution in [3.8, 4) is 11.8 Å². The summed E-state index contributed by atoms with van der Waals surface area (Å²) in [7, 11) is 0. The third-order valence-corrected chi connectivity index (χ3v) is 1.70. The molecule has 0 spiro atoms. The molecule has 0 fully saturated rings. The minimum Gasteiger partial charge on any atom is -0.487 e. The van der Waals surface area contributed by atoms with Crippen LogP contribution in [0.1, 0.15) is 12.0 Å². The molecule has 0 bridgehead atoms. The van der Waals surface area contributed by atoms with Gasteiger partial charge in [0.15, 0.2) is 17.4 Å². The number of hydrogen-bond donors (Lipinski definition) is 0. The molecule has 0 aromatic heterocycles. The van der Waals surface area contributed by atoms with Gasteiger partial charge in [-0.2, -0.15) is 5.26 Å². The molecular weight excluding hydrogens is 200 g/mol. The van der Waals surface area contributed by atoms with Crippen molar-refractivity contribution in [2.45, 2.75) is 6.42 Å². The first-order chi connectivity index (χ1) is 7.19. The second-order valence-electron chi connectivity index (χ2n) is 2.81. The van der Waals surface area contributed by atoms with Crippen molar-refractivity contribution in [1.82, 2.24) is 0 Å². The zero-order valence-electron chi connectivity index (χ0n) is 7.96. The van der Waals surface area contributed by atoms with Gasteiger partial charge in [-0.25, -0.2) is 8.78 Å². The Morgan fingerprint density at radius 2 is 2.00 bits per heavy atom. The van der Waals surface area contributed by atoms with Crippen molar-refractivity contribution in [3.05, 3.63) is 42.0 Å². The van der Waals surface area contributed by atoms with Crippen LogP contribution >= 0.6 is 0 Å². The molecule has 15 heavy (non-hydrogen) atoms. The third kappa shape index (κ3) is 2.78. The Bertz CT molecular complexity index is 387. The summed E-state index contributed by atoms with van der Waals surface area (Å²) in [6, 6.07) is 3.53. The van der Waals surface area contributed by atoms with Crippen LogP contribution in [-0.4, -0.2) is 6.61 Å². The second kappa shape index (κ2) is 5.11. The quantitative estimate of drug-likeness (QED) is 0.564. The number of nitrogens with zero attached hydrogens (tertiary/aromatic N) is 1. The van der Waals surface area contributed by atoms with Gasteiger partial charge in [-0.05, 0) is 18.6 Å². The van der Waals surface area contributed by atoms with Crippen LogP contribution in [0.5, 0.6) is 5.75 Å². The Hall–Kier alpha value is -1.89. The number of benzene rings is 1. The van der Waals surface area contributed by atoms with Gasteiger partial charge in [0.05, 0.1) is 18.2 Å². The van der Waals surface area contributed by atoms with E-state index < -0.39 is 17.4 Å². The summed E-state index contributed by atoms with van der Waals surface area (Å²) in [4.78, 5) is 0. The highest BCUT2D eigenvalue weighted by Gasteiger charge is 2.11. The molecule has 1 rings (SSSR count). The van der Waals surface area contributed by atoms with Gasteiger partial charge in [0.1, 0.15) is 0 Å². The summed E-state index contributed by atoms with van der Waals surface area (Å²) in [6.45, 7) is 3.61. The molecule has 0 radical (unpaired) electrons. The highest BCUT2D eigenvalue weighted by Crippen LogP contribution is 2.23. The first kappa shape index (κ1) is 11.2. The van der Waals surface area contributed by atoms with Gasteiger partial charge < -0.3 is 4.74 Å². The molecule has 4 heteroatoms. The summed E-state index contributed by atoms with van der Waals surface area (Å²) in [5.41, 5.74) is -0.0685. The molecule has 78 valence electrons. The monoisotopic (exact) mass is 209 g/mol. The van der Waals surface area contributed by atoms with E-state index in [9.17, 15) is 8.78 Å². The summed E-state index contributed by atoms with van der Waals surface area (Å²) < 4.78 is 31.2. The highest BCUT2D eigenvalue weighted by atomic mass is 19.1. The Balaban J connectivity index is 2.89. The van der Waals surface area contributed by atoms with Crippen LogP contribution in [0, 0.1) is 23.0 Å². The molecular formula is C11H9F2NO. The van der Waals surface area contributed by atoms with Gasteiger partial charge in [-0.15, -0.1) is 6.58 Å². The SMILES string of the molecule is C=CCCOc1c(F)cc(C#N)cc1F. The fourth-order valence-electron chi connectivity index (χ4n) is 1.01. The van der Waals surface area contributed by atoms with Crippen LogP contribution in [0.25, 0.3) is 0 Å². The van der Waals surface area contributed by atoms with Crippen molar-refractivity contribution in [3.63, 3.8) is 0 Å². The van der Waals surface area contributed by atoms with Crippen LogP contribution in [0.4, 0.5) is 8.78 Å². The van der Waals surface area contributed by atoms with E-state index in [-0.39, 0.29) is 12.2 Å². The standard InChI is InChI=1S/C11H9F2NO/c1-2-3-4-15-11-9(12)5-8(7-14)6-10(11)13/h2,5-6H,1,3-4H2. The molecule has 0 heterocycles. The van der Waals surface area contributed by atoms with E-state index in [0.29, 0.717) is 6.42 Å². The molecule has 0 N–H and O–H groups in total. The Labute approximate surface area is 86.4 Å². The Morgan fingerprint density at radius 1 is 1.40 bits per heavy atom. The summed E-state index contributed by atoms with van der Waals surface area (Å²) in [5, 5.41) is 8.45. The fraction of sp³-hybridized carbons (Fsp3) is 0.182. The van der Waals surface area contributed by atoms with Crippen molar-refractivity contribution in [2.24, 2.45) is 0 Å². The van der Waals surface area contributed by atoms with Crippen LogP contribution in [0.3, 0.4) is 0 Å². The predicted molar refractivity (Wildman–Crippen MR) is 51.4 cm³/mol. The maximum atomic E-state index is 13.2. The molecule has 0 aliphatic rings. The van der Waals surface area contributed by atoms with Gasteiger partial charge >= 0.3 is 0 Å². The largest absolute Gasteiger partial charge is 0.487 e. The van der Waals surface area contributed by atoms with Crippen LogP contribution in [0.2, 0.25) is 0 Å². The van der Waals surface area contributed by atoms with Crippen molar-refractivity contribution < 1.29 is 13.5 Å². The van der Waals surface area contributed by atoms with Crippen LogP contribution in [0.15, 0.2) is 24.8 Å². The highest BCUT2D eigenvalue weighted by molar-refractivity contribution is 5.37. The lowest BCUT2D eigenvalue weighted by atomic mass is 10.2. The van der Waals surface area contributed by atoms with Crippen molar-refractivity contribution in [1.29, 1.82) is 5.26 Å². The van der Waals surface area contributed by atoms with E-state index in [1.807, 2.05) is 0 Å². The van der Waals surface area contributed by atoms with Crippen molar-refractivity contribution in [2.75, 3.05) is 6.61 Å². The Morgan fingerprint density at radius 3 is 2.47 bits per heavy atom. The minimum atomic E-state index is -0.865. The lowest BCUT2D eigenvalue weighted by Gasteiger charge is -2.06. The number of rotatable bonds is 4. The average Bonchev–Trinajstić information content (AvgIpc) is 2.22. The lowest BCUT2D eigenvalue weighted by Crippen LogP contribution is -2.01. The second-order valence-corrected chi connectivity index (χ2v) is 2.81. The van der Waals surface area contributed by atoms with Crippen molar-refractivity contribution >= 4 is 0 Å². The van der Waals surface area contributed by atoms with Crippen LogP contribution < -0.4 is 4.74 Å². The lowest BCUT2D eigenvalue weighted by molar-refractivity contribution is 0.290. The summed E-state index contributed by atoms with van der Waals surface area (Å²) in [5.74, 6) is -2.18. The van der Waals surface area contributed by atoms with Gasteiger partial charge in [0, 0.05) is 0 Å². The minimum absolute atomic E-state index is 0.0685. The molecule has 0 saturated heterocycles. The van der Waals surface area contributed by atoms with E-state index in [0.717, 1.165) is 12.1 Å². The molecule has 1 aromatic rings. The zero-order valence-corrected chi connectivity index (χ0v) is 7.96. The average molecular weight is 209 g/mol. The maximum absolute atomic E-state index is 13.2. The molecule has 0 saturated carbocycles. The Kier molecular flexibility index (Phi) is 3.81.